The number of nitrogens with zero attached hydrogens (tertiary/aromatic N) is 2. The van der Waals surface area contributed by atoms with Crippen LogP contribution in [0.3, 0.4) is 0 Å². The zero-order valence-corrected chi connectivity index (χ0v) is 13.4. The fourth-order valence-electron chi connectivity index (χ4n) is 2.35. The summed E-state index contributed by atoms with van der Waals surface area (Å²) in [4.78, 5) is 28.6. The molecular weight excluding hydrogens is 306 g/mol. The van der Waals surface area contributed by atoms with E-state index in [2.05, 4.69) is 5.32 Å². The highest BCUT2D eigenvalue weighted by atomic mass is 32.1. The molecule has 3 heterocycles. The third-order valence-corrected chi connectivity index (χ3v) is 5.62. The molecule has 3 rings (SSSR count). The van der Waals surface area contributed by atoms with Crippen molar-refractivity contribution in [1.29, 1.82) is 0 Å². The summed E-state index contributed by atoms with van der Waals surface area (Å²) in [5, 5.41) is 5.23. The van der Waals surface area contributed by atoms with Gasteiger partial charge in [0.1, 0.15) is 0 Å². The van der Waals surface area contributed by atoms with Crippen molar-refractivity contribution in [2.75, 3.05) is 39.8 Å². The minimum absolute atomic E-state index is 0.0192. The van der Waals surface area contributed by atoms with E-state index in [0.717, 1.165) is 35.6 Å². The largest absolute Gasteiger partial charge is 0.339 e. The molecule has 1 aliphatic rings. The summed E-state index contributed by atoms with van der Waals surface area (Å²) >= 11 is 3.12. The predicted octanol–water partition coefficient (Wildman–Crippen LogP) is 1.47. The highest BCUT2D eigenvalue weighted by Gasteiger charge is 2.21. The van der Waals surface area contributed by atoms with Crippen molar-refractivity contribution < 1.29 is 9.59 Å². The highest BCUT2D eigenvalue weighted by Crippen LogP contribution is 2.30. The lowest BCUT2D eigenvalue weighted by molar-refractivity contribution is -0.132. The van der Waals surface area contributed by atoms with Crippen LogP contribution < -0.4 is 5.32 Å². The molecule has 0 aromatic carbocycles. The molecule has 21 heavy (non-hydrogen) atoms. The monoisotopic (exact) mass is 323 g/mol. The number of piperazine rings is 1. The molecule has 7 heteroatoms. The first-order valence-electron chi connectivity index (χ1n) is 6.86. The van der Waals surface area contributed by atoms with E-state index in [-0.39, 0.29) is 18.4 Å². The maximum atomic E-state index is 12.4. The third kappa shape index (κ3) is 3.09. The van der Waals surface area contributed by atoms with E-state index in [1.54, 1.807) is 18.4 Å². The van der Waals surface area contributed by atoms with Gasteiger partial charge in [-0.05, 0) is 17.5 Å². The quantitative estimate of drug-likeness (QED) is 0.930. The maximum Gasteiger partial charge on any atom is 0.264 e. The van der Waals surface area contributed by atoms with Gasteiger partial charge in [-0.1, -0.05) is 0 Å². The van der Waals surface area contributed by atoms with Gasteiger partial charge in [0, 0.05) is 42.6 Å². The van der Waals surface area contributed by atoms with Crippen molar-refractivity contribution in [3.05, 3.63) is 22.4 Å². The van der Waals surface area contributed by atoms with Crippen LogP contribution in [0, 0.1) is 0 Å². The number of carbonyl (C=O) groups is 2. The lowest BCUT2D eigenvalue weighted by Gasteiger charge is -2.29. The van der Waals surface area contributed by atoms with Crippen LogP contribution in [0.2, 0.25) is 0 Å². The van der Waals surface area contributed by atoms with Crippen LogP contribution in [-0.2, 0) is 4.79 Å². The van der Waals surface area contributed by atoms with Gasteiger partial charge in [-0.25, -0.2) is 0 Å². The first-order valence-corrected chi connectivity index (χ1v) is 8.56. The minimum atomic E-state index is -0.0770. The summed E-state index contributed by atoms with van der Waals surface area (Å²) in [5.74, 6) is -0.0578. The van der Waals surface area contributed by atoms with E-state index in [1.165, 1.54) is 16.2 Å². The van der Waals surface area contributed by atoms with Gasteiger partial charge in [0.2, 0.25) is 5.91 Å². The topological polar surface area (TPSA) is 52.7 Å². The molecule has 1 saturated heterocycles. The Kier molecular flexibility index (Phi) is 4.23. The van der Waals surface area contributed by atoms with Crippen molar-refractivity contribution >= 4 is 43.9 Å². The second-order valence-electron chi connectivity index (χ2n) is 5.05. The molecule has 2 amide bonds. The Balaban J connectivity index is 1.64. The molecule has 1 fully saturated rings. The molecule has 5 nitrogen and oxygen atoms in total. The summed E-state index contributed by atoms with van der Waals surface area (Å²) in [6.45, 7) is 3.23. The number of likely N-dealkylation sites (N-methyl/N-ethyl adjacent to an activating group) is 1. The van der Waals surface area contributed by atoms with Crippen molar-refractivity contribution in [3.63, 3.8) is 0 Å². The summed E-state index contributed by atoms with van der Waals surface area (Å²) in [6, 6.07) is 3.94. The van der Waals surface area contributed by atoms with E-state index < -0.39 is 0 Å². The van der Waals surface area contributed by atoms with Crippen LogP contribution in [0.5, 0.6) is 0 Å². The molecule has 0 spiro atoms. The second-order valence-corrected chi connectivity index (χ2v) is 7.08. The maximum absolute atomic E-state index is 12.4. The molecule has 0 unspecified atom stereocenters. The Hall–Kier alpha value is -1.44. The number of fused-ring (bicyclic) bond motifs is 1. The number of thiophene rings is 2. The van der Waals surface area contributed by atoms with Crippen molar-refractivity contribution in [2.24, 2.45) is 0 Å². The van der Waals surface area contributed by atoms with E-state index in [4.69, 9.17) is 0 Å². The lowest BCUT2D eigenvalue weighted by atomic mass is 10.3. The summed E-state index contributed by atoms with van der Waals surface area (Å²) in [5.41, 5.74) is 0. The molecule has 0 radical (unpaired) electrons. The van der Waals surface area contributed by atoms with Crippen LogP contribution in [-0.4, -0.2) is 61.4 Å². The Morgan fingerprint density at radius 1 is 1.33 bits per heavy atom. The van der Waals surface area contributed by atoms with E-state index in [0.29, 0.717) is 4.88 Å². The molecule has 1 aliphatic heterocycles. The average molecular weight is 323 g/mol. The molecule has 0 aliphatic carbocycles. The number of hydrogen-bond acceptors (Lipinski definition) is 5. The van der Waals surface area contributed by atoms with Gasteiger partial charge in [0.05, 0.1) is 11.4 Å². The normalized spacial score (nSPS) is 15.4. The zero-order valence-electron chi connectivity index (χ0n) is 11.8. The number of amides is 2. The third-order valence-electron chi connectivity index (χ3n) is 3.54. The molecule has 2 aromatic heterocycles. The van der Waals surface area contributed by atoms with Crippen molar-refractivity contribution in [3.8, 4) is 0 Å². The fraction of sp³-hybridized carbons (Fsp3) is 0.429. The van der Waals surface area contributed by atoms with Gasteiger partial charge in [-0.3, -0.25) is 9.59 Å². The Morgan fingerprint density at radius 2 is 2.10 bits per heavy atom. The van der Waals surface area contributed by atoms with Crippen LogP contribution in [0.4, 0.5) is 0 Å². The second kappa shape index (κ2) is 6.13. The molecule has 1 N–H and O–H groups in total. The minimum Gasteiger partial charge on any atom is -0.339 e. The van der Waals surface area contributed by atoms with Crippen LogP contribution in [0.1, 0.15) is 9.67 Å². The first kappa shape index (κ1) is 14.5. The zero-order chi connectivity index (χ0) is 14.8. The fourth-order valence-corrected chi connectivity index (χ4v) is 4.45. The first-order chi connectivity index (χ1) is 10.1. The SMILES string of the molecule is CN(CC(=O)N1CCNCC1)C(=O)c1cc2sccc2s1. The molecule has 112 valence electrons. The Bertz CT molecular complexity index is 630. The van der Waals surface area contributed by atoms with Gasteiger partial charge < -0.3 is 15.1 Å². The predicted molar refractivity (Wildman–Crippen MR) is 86.1 cm³/mol. The molecule has 0 atom stereocenters. The van der Waals surface area contributed by atoms with E-state index in [1.807, 2.05) is 22.4 Å². The average Bonchev–Trinajstić information content (AvgIpc) is 3.08. The van der Waals surface area contributed by atoms with Crippen LogP contribution in [0.15, 0.2) is 17.5 Å². The standard InChI is InChI=1S/C14H17N3O2S2/c1-16(9-13(18)17-5-3-15-4-6-17)14(19)12-8-11-10(21-12)2-7-20-11/h2,7-8,15H,3-6,9H2,1H3. The van der Waals surface area contributed by atoms with E-state index >= 15 is 0 Å². The number of carbonyl (C=O) groups excluding carboxylic acids is 2. The Morgan fingerprint density at radius 3 is 2.81 bits per heavy atom. The molecule has 2 aromatic rings. The van der Waals surface area contributed by atoms with Crippen molar-refractivity contribution in [1.82, 2.24) is 15.1 Å². The van der Waals surface area contributed by atoms with Crippen LogP contribution in [0.25, 0.3) is 9.40 Å². The highest BCUT2D eigenvalue weighted by molar-refractivity contribution is 7.27. The lowest BCUT2D eigenvalue weighted by Crippen LogP contribution is -2.49. The van der Waals surface area contributed by atoms with Crippen LogP contribution >= 0.6 is 22.7 Å². The molecule has 0 saturated carbocycles. The van der Waals surface area contributed by atoms with E-state index in [9.17, 15) is 9.59 Å². The summed E-state index contributed by atoms with van der Waals surface area (Å²) in [7, 11) is 1.69. The number of hydrogen-bond donors (Lipinski definition) is 1. The summed E-state index contributed by atoms with van der Waals surface area (Å²) in [6.07, 6.45) is 0. The van der Waals surface area contributed by atoms with Gasteiger partial charge in [0.25, 0.3) is 5.91 Å². The number of rotatable bonds is 3. The summed E-state index contributed by atoms with van der Waals surface area (Å²) < 4.78 is 2.26. The van der Waals surface area contributed by atoms with Gasteiger partial charge in [-0.15, -0.1) is 22.7 Å². The van der Waals surface area contributed by atoms with Gasteiger partial charge in [-0.2, -0.15) is 0 Å². The number of nitrogens with one attached hydrogen (secondary N) is 1. The molecular formula is C14H17N3O2S2. The Labute approximate surface area is 131 Å². The van der Waals surface area contributed by atoms with Gasteiger partial charge >= 0.3 is 0 Å². The smallest absolute Gasteiger partial charge is 0.264 e. The van der Waals surface area contributed by atoms with Gasteiger partial charge in [0.15, 0.2) is 0 Å². The molecule has 0 bridgehead atoms. The van der Waals surface area contributed by atoms with Crippen molar-refractivity contribution in [2.45, 2.75) is 0 Å².